The fourth-order valence-electron chi connectivity index (χ4n) is 4.04. The molecule has 1 fully saturated rings. The van der Waals surface area contributed by atoms with E-state index in [1.165, 1.54) is 12.8 Å². The van der Waals surface area contributed by atoms with Crippen molar-refractivity contribution >= 4 is 0 Å². The molecule has 31 heavy (non-hydrogen) atoms. The van der Waals surface area contributed by atoms with Gasteiger partial charge in [-0.2, -0.15) is 0 Å². The molecule has 2 aliphatic carbocycles. The van der Waals surface area contributed by atoms with Gasteiger partial charge >= 0.3 is 0 Å². The summed E-state index contributed by atoms with van der Waals surface area (Å²) >= 11 is 0. The maximum atomic E-state index is 4.64. The van der Waals surface area contributed by atoms with Crippen LogP contribution in [0.5, 0.6) is 0 Å². The summed E-state index contributed by atoms with van der Waals surface area (Å²) in [6.45, 7) is 4.49. The zero-order chi connectivity index (χ0) is 21.7. The van der Waals surface area contributed by atoms with E-state index in [-0.39, 0.29) is 0 Å². The highest BCUT2D eigenvalue weighted by Crippen LogP contribution is 2.38. The lowest BCUT2D eigenvalue weighted by molar-refractivity contribution is 0.499. The van der Waals surface area contributed by atoms with Crippen LogP contribution in [0.1, 0.15) is 76.5 Å². The molecule has 0 bridgehead atoms. The predicted molar refractivity (Wildman–Crippen MR) is 132 cm³/mol. The van der Waals surface area contributed by atoms with Gasteiger partial charge in [-0.25, -0.2) is 0 Å². The molecule has 0 aromatic carbocycles. The van der Waals surface area contributed by atoms with Crippen LogP contribution in [0.3, 0.4) is 0 Å². The summed E-state index contributed by atoms with van der Waals surface area (Å²) in [6, 6.07) is 0.326. The molecule has 1 saturated carbocycles. The first-order valence-electron chi connectivity index (χ1n) is 12.2. The van der Waals surface area contributed by atoms with Crippen molar-refractivity contribution in [2.45, 2.75) is 77.7 Å². The normalized spacial score (nSPS) is 27.2. The first-order valence-corrected chi connectivity index (χ1v) is 12.2. The summed E-state index contributed by atoms with van der Waals surface area (Å²) in [5.41, 5.74) is 0. The van der Waals surface area contributed by atoms with Crippen LogP contribution < -0.4 is 0 Å². The van der Waals surface area contributed by atoms with Crippen molar-refractivity contribution in [2.24, 2.45) is 11.8 Å². The molecule has 166 valence electrons. The molecule has 0 radical (unpaired) electrons. The lowest BCUT2D eigenvalue weighted by Crippen LogP contribution is -2.14. The number of rotatable bonds is 10. The van der Waals surface area contributed by atoms with Crippen LogP contribution in [0, 0.1) is 11.8 Å². The maximum absolute atomic E-state index is 4.64. The Bertz CT molecular complexity index is 834. The fraction of sp³-hybridized carbons (Fsp3) is 0.500. The van der Waals surface area contributed by atoms with E-state index in [1.54, 1.807) is 0 Å². The highest BCUT2D eigenvalue weighted by molar-refractivity contribution is 5.15. The molecule has 2 aliphatic rings. The third-order valence-corrected chi connectivity index (χ3v) is 6.09. The lowest BCUT2D eigenvalue weighted by Gasteiger charge is -2.19. The maximum Gasteiger partial charge on any atom is 0.133 e. The molecule has 2 unspecified atom stereocenters. The molecule has 0 spiro atoms. The molecule has 3 heteroatoms. The van der Waals surface area contributed by atoms with E-state index in [9.17, 15) is 0 Å². The van der Waals surface area contributed by atoms with Crippen LogP contribution in [0.15, 0.2) is 72.9 Å². The molecule has 1 aromatic heterocycles. The summed E-state index contributed by atoms with van der Waals surface area (Å²) in [5.74, 6) is 3.93. The molecular formula is C28H39N3. The second-order valence-corrected chi connectivity index (χ2v) is 8.75. The summed E-state index contributed by atoms with van der Waals surface area (Å²) in [6.07, 6.45) is 36.4. The van der Waals surface area contributed by atoms with Crippen LogP contribution in [-0.4, -0.2) is 14.8 Å². The van der Waals surface area contributed by atoms with E-state index in [0.717, 1.165) is 68.4 Å². The van der Waals surface area contributed by atoms with Gasteiger partial charge in [-0.1, -0.05) is 86.8 Å². The van der Waals surface area contributed by atoms with E-state index in [4.69, 9.17) is 0 Å². The van der Waals surface area contributed by atoms with Crippen LogP contribution >= 0.6 is 0 Å². The average Bonchev–Trinajstić information content (AvgIpc) is 3.34. The minimum absolute atomic E-state index is 0.326. The Morgan fingerprint density at radius 2 is 1.68 bits per heavy atom. The Balaban J connectivity index is 1.72. The van der Waals surface area contributed by atoms with Gasteiger partial charge in [-0.3, -0.25) is 0 Å². The highest BCUT2D eigenvalue weighted by atomic mass is 15.3. The molecule has 0 aliphatic heterocycles. The van der Waals surface area contributed by atoms with Crippen LogP contribution in [0.4, 0.5) is 0 Å². The quantitative estimate of drug-likeness (QED) is 0.296. The molecule has 3 atom stereocenters. The van der Waals surface area contributed by atoms with E-state index in [2.05, 4.69) is 102 Å². The minimum atomic E-state index is 0.326. The van der Waals surface area contributed by atoms with E-state index >= 15 is 0 Å². The second kappa shape index (κ2) is 13.1. The molecule has 3 rings (SSSR count). The summed E-state index contributed by atoms with van der Waals surface area (Å²) in [5, 5.41) is 9.27. The molecule has 1 aromatic rings. The largest absolute Gasteiger partial charge is 0.308 e. The lowest BCUT2D eigenvalue weighted by atomic mass is 10.1. The fourth-order valence-corrected chi connectivity index (χ4v) is 4.04. The van der Waals surface area contributed by atoms with Gasteiger partial charge in [0.25, 0.3) is 0 Å². The molecule has 0 amide bonds. The Morgan fingerprint density at radius 1 is 0.968 bits per heavy atom. The molecule has 0 saturated heterocycles. The zero-order valence-corrected chi connectivity index (χ0v) is 19.4. The first kappa shape index (κ1) is 23.2. The van der Waals surface area contributed by atoms with Crippen molar-refractivity contribution in [3.8, 4) is 0 Å². The van der Waals surface area contributed by atoms with Crippen molar-refractivity contribution in [3.63, 3.8) is 0 Å². The van der Waals surface area contributed by atoms with E-state index < -0.39 is 0 Å². The Kier molecular flexibility index (Phi) is 9.82. The minimum Gasteiger partial charge on any atom is -0.308 e. The van der Waals surface area contributed by atoms with Crippen molar-refractivity contribution < 1.29 is 0 Å². The Labute approximate surface area is 189 Å². The van der Waals surface area contributed by atoms with Crippen molar-refractivity contribution in [1.82, 2.24) is 14.8 Å². The summed E-state index contributed by atoms with van der Waals surface area (Å²) in [7, 11) is 0. The predicted octanol–water partition coefficient (Wildman–Crippen LogP) is 7.27. The average molecular weight is 418 g/mol. The first-order chi connectivity index (χ1) is 15.3. The molecular weight excluding hydrogens is 378 g/mol. The van der Waals surface area contributed by atoms with Gasteiger partial charge in [0.1, 0.15) is 11.6 Å². The standard InChI is InChI=1S/C28H39N3/c1-3-4-5-6-12-15-21-27-29-30-28(22-17-16-18-25-23-24(25)2)31(27)26-19-13-10-8-7-9-11-14-20-26/h4-10,12-13,16,18-19,24-26H,3,11,14-15,17,20-23H2,1-2H3/b5-4-,9-7-,10-8+,12-6-,18-16-,19-13-/t24?,25-,26?/m0/s1. The monoisotopic (exact) mass is 417 g/mol. The third-order valence-electron chi connectivity index (χ3n) is 6.09. The van der Waals surface area contributed by atoms with E-state index in [1.807, 2.05) is 0 Å². The van der Waals surface area contributed by atoms with E-state index in [0.29, 0.717) is 6.04 Å². The number of nitrogens with zero attached hydrogens (tertiary/aromatic N) is 3. The van der Waals surface area contributed by atoms with Crippen LogP contribution in [0.25, 0.3) is 0 Å². The second-order valence-electron chi connectivity index (χ2n) is 8.75. The van der Waals surface area contributed by atoms with Gasteiger partial charge in [0.15, 0.2) is 0 Å². The number of aromatic nitrogens is 3. The van der Waals surface area contributed by atoms with Crippen LogP contribution in [-0.2, 0) is 12.8 Å². The Morgan fingerprint density at radius 3 is 2.42 bits per heavy atom. The number of aryl methyl sites for hydroxylation is 2. The molecule has 3 nitrogen and oxygen atoms in total. The summed E-state index contributed by atoms with van der Waals surface area (Å²) < 4.78 is 2.43. The van der Waals surface area contributed by atoms with Gasteiger partial charge in [0, 0.05) is 12.8 Å². The van der Waals surface area contributed by atoms with Gasteiger partial charge in [-0.15, -0.1) is 10.2 Å². The Hall–Kier alpha value is -2.42. The highest BCUT2D eigenvalue weighted by Gasteiger charge is 2.29. The zero-order valence-electron chi connectivity index (χ0n) is 19.4. The van der Waals surface area contributed by atoms with Crippen molar-refractivity contribution in [1.29, 1.82) is 0 Å². The molecule has 1 heterocycles. The van der Waals surface area contributed by atoms with Gasteiger partial charge in [0.2, 0.25) is 0 Å². The number of allylic oxidation sites excluding steroid dienone is 12. The topological polar surface area (TPSA) is 30.7 Å². The number of hydrogen-bond acceptors (Lipinski definition) is 2. The SMILES string of the molecule is CC/C=C\C=C/CCc1nnc(CC/C=C\[C@H]2CC2C)n1C1\C=C/C=C/C=C\CCC1. The van der Waals surface area contributed by atoms with Crippen molar-refractivity contribution in [3.05, 3.63) is 84.6 Å². The van der Waals surface area contributed by atoms with Gasteiger partial charge in [-0.05, 0) is 56.8 Å². The summed E-state index contributed by atoms with van der Waals surface area (Å²) in [4.78, 5) is 0. The smallest absolute Gasteiger partial charge is 0.133 e. The van der Waals surface area contributed by atoms with Gasteiger partial charge in [0.05, 0.1) is 6.04 Å². The van der Waals surface area contributed by atoms with Gasteiger partial charge < -0.3 is 4.57 Å². The van der Waals surface area contributed by atoms with Crippen LogP contribution in [0.2, 0.25) is 0 Å². The molecule has 0 N–H and O–H groups in total. The number of hydrogen-bond donors (Lipinski definition) is 0. The van der Waals surface area contributed by atoms with Crippen molar-refractivity contribution in [2.75, 3.05) is 0 Å². The third kappa shape index (κ3) is 7.97.